The number of alkyl halides is 3. The van der Waals surface area contributed by atoms with Gasteiger partial charge in [-0.25, -0.2) is 0 Å². The Kier molecular flexibility index (Phi) is 7.99. The van der Waals surface area contributed by atoms with E-state index >= 15 is 0 Å². The van der Waals surface area contributed by atoms with Crippen molar-refractivity contribution in [1.82, 2.24) is 15.5 Å². The minimum absolute atomic E-state index is 0. The fourth-order valence-electron chi connectivity index (χ4n) is 5.10. The van der Waals surface area contributed by atoms with Crippen molar-refractivity contribution in [2.75, 3.05) is 13.6 Å². The van der Waals surface area contributed by atoms with Crippen LogP contribution in [0.25, 0.3) is 0 Å². The molecule has 0 amide bonds. The molecule has 2 N–H and O–H groups in total. The lowest BCUT2D eigenvalue weighted by Gasteiger charge is -2.47. The summed E-state index contributed by atoms with van der Waals surface area (Å²) in [5.74, 6) is 0.653. The Bertz CT molecular complexity index is 761. The number of fused-ring (bicyclic) bond motifs is 2. The number of hydrogen-bond donors (Lipinski definition) is 2. The molecule has 0 radical (unpaired) electrons. The first-order chi connectivity index (χ1) is 14.3. The predicted octanol–water partition coefficient (Wildman–Crippen LogP) is 4.63. The molecule has 1 aromatic carbocycles. The summed E-state index contributed by atoms with van der Waals surface area (Å²) < 4.78 is 42.4. The second-order valence-corrected chi connectivity index (χ2v) is 8.72. The molecule has 9 heteroatoms. The smallest absolute Gasteiger partial charge is 0.405 e. The zero-order valence-electron chi connectivity index (χ0n) is 18.0. The molecule has 4 atom stereocenters. The summed E-state index contributed by atoms with van der Waals surface area (Å²) in [6.45, 7) is 2.64. The van der Waals surface area contributed by atoms with E-state index in [1.165, 1.54) is 25.3 Å². The standard InChI is InChI=1S/C22H31F3N4O.HI/c1-3-26-21(27-14-11-15-7-6-8-16(12-14)29(15)2)28-19-13-18(19)17-9-4-5-10-20(17)30-22(23,24)25;/h4-5,9-10,14-16,18-19H,3,6-8,11-13H2,1-2H3,(H2,26,27,28);1H. The molecule has 0 spiro atoms. The molecule has 0 aromatic heterocycles. The SMILES string of the molecule is CCN=C(NC1CC2CCCC(C1)N2C)NC1CC1c1ccccc1OC(F)(F)F.I. The second-order valence-electron chi connectivity index (χ2n) is 8.72. The molecular weight excluding hydrogens is 520 g/mol. The number of ether oxygens (including phenoxy) is 1. The number of benzene rings is 1. The van der Waals surface area contributed by atoms with E-state index in [-0.39, 0.29) is 41.7 Å². The van der Waals surface area contributed by atoms with E-state index in [1.807, 2.05) is 6.92 Å². The van der Waals surface area contributed by atoms with Gasteiger partial charge in [-0.3, -0.25) is 4.99 Å². The minimum atomic E-state index is -4.68. The van der Waals surface area contributed by atoms with Crippen LogP contribution in [0.15, 0.2) is 29.3 Å². The van der Waals surface area contributed by atoms with Crippen molar-refractivity contribution in [3.05, 3.63) is 29.8 Å². The maximum absolute atomic E-state index is 12.7. The molecule has 1 aliphatic carbocycles. The van der Waals surface area contributed by atoms with Crippen molar-refractivity contribution in [1.29, 1.82) is 0 Å². The highest BCUT2D eigenvalue weighted by Gasteiger charge is 2.43. The van der Waals surface area contributed by atoms with E-state index in [0.29, 0.717) is 30.2 Å². The predicted molar refractivity (Wildman–Crippen MR) is 126 cm³/mol. The quantitative estimate of drug-likeness (QED) is 0.318. The molecule has 5 nitrogen and oxygen atoms in total. The van der Waals surface area contributed by atoms with E-state index in [1.54, 1.807) is 18.2 Å². The van der Waals surface area contributed by atoms with E-state index < -0.39 is 6.36 Å². The van der Waals surface area contributed by atoms with Gasteiger partial charge in [0.1, 0.15) is 5.75 Å². The summed E-state index contributed by atoms with van der Waals surface area (Å²) >= 11 is 0. The first-order valence-electron chi connectivity index (χ1n) is 11.0. The lowest BCUT2D eigenvalue weighted by Crippen LogP contribution is -2.56. The largest absolute Gasteiger partial charge is 0.573 e. The molecule has 2 aliphatic heterocycles. The summed E-state index contributed by atoms with van der Waals surface area (Å²) in [6, 6.07) is 8.11. The van der Waals surface area contributed by atoms with E-state index in [2.05, 4.69) is 32.3 Å². The van der Waals surface area contributed by atoms with Gasteiger partial charge in [-0.15, -0.1) is 37.1 Å². The minimum Gasteiger partial charge on any atom is -0.405 e. The fraction of sp³-hybridized carbons (Fsp3) is 0.682. The Morgan fingerprint density at radius 1 is 1.13 bits per heavy atom. The van der Waals surface area contributed by atoms with Crippen LogP contribution in [-0.4, -0.2) is 55.0 Å². The van der Waals surface area contributed by atoms with Crippen LogP contribution in [0, 0.1) is 0 Å². The van der Waals surface area contributed by atoms with Gasteiger partial charge < -0.3 is 20.3 Å². The Morgan fingerprint density at radius 3 is 2.45 bits per heavy atom. The van der Waals surface area contributed by atoms with Crippen molar-refractivity contribution < 1.29 is 17.9 Å². The van der Waals surface area contributed by atoms with Crippen LogP contribution in [0.1, 0.15) is 56.9 Å². The third-order valence-corrected chi connectivity index (χ3v) is 6.65. The zero-order chi connectivity index (χ0) is 21.3. The molecule has 2 heterocycles. The second kappa shape index (κ2) is 10.1. The van der Waals surface area contributed by atoms with Gasteiger partial charge in [0.15, 0.2) is 5.96 Å². The monoisotopic (exact) mass is 552 g/mol. The molecular formula is C22H32F3IN4O. The van der Waals surface area contributed by atoms with Gasteiger partial charge in [-0.05, 0) is 57.7 Å². The highest BCUT2D eigenvalue weighted by molar-refractivity contribution is 14.0. The van der Waals surface area contributed by atoms with Crippen molar-refractivity contribution >= 4 is 29.9 Å². The molecule has 31 heavy (non-hydrogen) atoms. The van der Waals surface area contributed by atoms with Gasteiger partial charge in [0, 0.05) is 36.6 Å². The van der Waals surface area contributed by atoms with Gasteiger partial charge in [0.25, 0.3) is 0 Å². The van der Waals surface area contributed by atoms with Crippen molar-refractivity contribution in [3.8, 4) is 5.75 Å². The topological polar surface area (TPSA) is 48.9 Å². The number of nitrogens with zero attached hydrogens (tertiary/aromatic N) is 2. The van der Waals surface area contributed by atoms with Gasteiger partial charge in [0.05, 0.1) is 0 Å². The number of hydrogen-bond acceptors (Lipinski definition) is 3. The van der Waals surface area contributed by atoms with Gasteiger partial charge in [-0.2, -0.15) is 0 Å². The summed E-state index contributed by atoms with van der Waals surface area (Å²) in [6.07, 6.45) is 2.10. The number of piperidine rings is 2. The number of rotatable bonds is 5. The fourth-order valence-corrected chi connectivity index (χ4v) is 5.10. The van der Waals surface area contributed by atoms with Crippen LogP contribution in [-0.2, 0) is 0 Å². The highest BCUT2D eigenvalue weighted by Crippen LogP contribution is 2.45. The van der Waals surface area contributed by atoms with Crippen LogP contribution in [0.3, 0.4) is 0 Å². The van der Waals surface area contributed by atoms with Gasteiger partial charge in [0.2, 0.25) is 0 Å². The van der Waals surface area contributed by atoms with Crippen LogP contribution in [0.4, 0.5) is 13.2 Å². The van der Waals surface area contributed by atoms with Crippen LogP contribution >= 0.6 is 24.0 Å². The summed E-state index contributed by atoms with van der Waals surface area (Å²) in [5, 5.41) is 7.05. The normalized spacial score (nSPS) is 30.9. The van der Waals surface area contributed by atoms with Crippen molar-refractivity contribution in [2.45, 2.75) is 81.9 Å². The first-order valence-corrected chi connectivity index (χ1v) is 11.0. The van der Waals surface area contributed by atoms with Crippen molar-refractivity contribution in [3.63, 3.8) is 0 Å². The molecule has 2 bridgehead atoms. The number of para-hydroxylation sites is 1. The molecule has 3 fully saturated rings. The highest BCUT2D eigenvalue weighted by atomic mass is 127. The Labute approximate surface area is 199 Å². The number of nitrogens with one attached hydrogen (secondary N) is 2. The first kappa shape index (κ1) is 24.4. The Morgan fingerprint density at radius 2 is 1.81 bits per heavy atom. The van der Waals surface area contributed by atoms with E-state index in [0.717, 1.165) is 25.2 Å². The summed E-state index contributed by atoms with van der Waals surface area (Å²) in [7, 11) is 2.24. The summed E-state index contributed by atoms with van der Waals surface area (Å²) in [5.41, 5.74) is 0.594. The molecule has 4 rings (SSSR count). The maximum atomic E-state index is 12.7. The van der Waals surface area contributed by atoms with Gasteiger partial charge in [-0.1, -0.05) is 24.6 Å². The Balaban J connectivity index is 0.00000272. The van der Waals surface area contributed by atoms with Crippen LogP contribution in [0.2, 0.25) is 0 Å². The number of halogens is 4. The molecule has 1 aromatic rings. The average molecular weight is 552 g/mol. The van der Waals surface area contributed by atoms with E-state index in [4.69, 9.17) is 0 Å². The maximum Gasteiger partial charge on any atom is 0.573 e. The Hall–Kier alpha value is -1.23. The average Bonchev–Trinajstić information content (AvgIpc) is 3.41. The lowest BCUT2D eigenvalue weighted by atomic mass is 9.82. The number of guanidine groups is 1. The molecule has 1 saturated carbocycles. The zero-order valence-corrected chi connectivity index (χ0v) is 20.3. The van der Waals surface area contributed by atoms with Gasteiger partial charge >= 0.3 is 6.36 Å². The number of aliphatic imine (C=N–C) groups is 1. The van der Waals surface area contributed by atoms with Crippen LogP contribution < -0.4 is 15.4 Å². The third-order valence-electron chi connectivity index (χ3n) is 6.65. The molecule has 4 unspecified atom stereocenters. The molecule has 174 valence electrons. The van der Waals surface area contributed by atoms with E-state index in [9.17, 15) is 13.2 Å². The summed E-state index contributed by atoms with van der Waals surface area (Å²) in [4.78, 5) is 7.12. The third kappa shape index (κ3) is 6.18. The molecule has 3 aliphatic rings. The van der Waals surface area contributed by atoms with Crippen LogP contribution in [0.5, 0.6) is 5.75 Å². The molecule has 2 saturated heterocycles. The van der Waals surface area contributed by atoms with Crippen molar-refractivity contribution in [2.24, 2.45) is 4.99 Å². The lowest BCUT2D eigenvalue weighted by molar-refractivity contribution is -0.274.